The number of Topliss-reactive ketones (excluding diaryl/α,β-unsaturated/α-hetero) is 1. The van der Waals surface area contributed by atoms with Gasteiger partial charge in [-0.05, 0) is 32.6 Å². The van der Waals surface area contributed by atoms with Crippen molar-refractivity contribution in [2.75, 3.05) is 6.54 Å². The minimum absolute atomic E-state index is 0.0954. The largest absolute Gasteiger partial charge is 0.300 e. The van der Waals surface area contributed by atoms with Crippen LogP contribution in [0.5, 0.6) is 0 Å². The molecule has 1 atom stereocenters. The van der Waals surface area contributed by atoms with Gasteiger partial charge in [-0.2, -0.15) is 4.31 Å². The van der Waals surface area contributed by atoms with Crippen LogP contribution in [0.4, 0.5) is 0 Å². The Morgan fingerprint density at radius 2 is 1.60 bits per heavy atom. The van der Waals surface area contributed by atoms with Gasteiger partial charge in [-0.3, -0.25) is 4.79 Å². The van der Waals surface area contributed by atoms with Gasteiger partial charge in [-0.25, -0.2) is 8.42 Å². The number of carbonyl (C=O) groups excluding carboxylic acids is 1. The molecule has 1 aliphatic heterocycles. The van der Waals surface area contributed by atoms with E-state index in [1.54, 1.807) is 11.2 Å². The van der Waals surface area contributed by atoms with Crippen LogP contribution < -0.4 is 0 Å². The lowest BCUT2D eigenvalue weighted by Crippen LogP contribution is -2.46. The van der Waals surface area contributed by atoms with Gasteiger partial charge in [0.2, 0.25) is 10.0 Å². The summed E-state index contributed by atoms with van der Waals surface area (Å²) in [4.78, 5) is 11.5. The highest BCUT2D eigenvalue weighted by Gasteiger charge is 2.37. The molecule has 2 aliphatic rings. The standard InChI is InChI=1S/C15H27NO3S/c1-13(17)12-14-8-4-3-7-11-16(14)20(18,19)15-9-5-2-6-10-15/h14-15H,2-12H2,1H3. The predicted octanol–water partition coefficient (Wildman–Crippen LogP) is 2.87. The third-order valence-electron chi connectivity index (χ3n) is 4.65. The molecule has 0 bridgehead atoms. The van der Waals surface area contributed by atoms with Crippen molar-refractivity contribution < 1.29 is 13.2 Å². The van der Waals surface area contributed by atoms with Crippen LogP contribution in [0.25, 0.3) is 0 Å². The molecule has 1 aliphatic carbocycles. The third-order valence-corrected chi connectivity index (χ3v) is 7.09. The highest BCUT2D eigenvalue weighted by atomic mass is 32.2. The minimum Gasteiger partial charge on any atom is -0.300 e. The van der Waals surface area contributed by atoms with E-state index >= 15 is 0 Å². The smallest absolute Gasteiger partial charge is 0.217 e. The number of hydrogen-bond donors (Lipinski definition) is 0. The van der Waals surface area contributed by atoms with Crippen molar-refractivity contribution in [2.24, 2.45) is 0 Å². The molecular weight excluding hydrogens is 274 g/mol. The molecule has 4 nitrogen and oxygen atoms in total. The van der Waals surface area contributed by atoms with Gasteiger partial charge in [-0.15, -0.1) is 0 Å². The second-order valence-electron chi connectivity index (χ2n) is 6.32. The van der Waals surface area contributed by atoms with Crippen LogP contribution in [-0.2, 0) is 14.8 Å². The summed E-state index contributed by atoms with van der Waals surface area (Å²) in [6, 6.07) is -0.0954. The fourth-order valence-corrected chi connectivity index (χ4v) is 5.87. The first-order valence-electron chi connectivity index (χ1n) is 8.02. The summed E-state index contributed by atoms with van der Waals surface area (Å²) in [5.74, 6) is 0.0979. The summed E-state index contributed by atoms with van der Waals surface area (Å²) >= 11 is 0. The van der Waals surface area contributed by atoms with Crippen molar-refractivity contribution in [1.29, 1.82) is 0 Å². The highest BCUT2D eigenvalue weighted by Crippen LogP contribution is 2.30. The molecular formula is C15H27NO3S. The van der Waals surface area contributed by atoms with Gasteiger partial charge in [-0.1, -0.05) is 32.1 Å². The number of hydrogen-bond acceptors (Lipinski definition) is 3. The van der Waals surface area contributed by atoms with E-state index < -0.39 is 10.0 Å². The van der Waals surface area contributed by atoms with Gasteiger partial charge in [0.1, 0.15) is 5.78 Å². The van der Waals surface area contributed by atoms with Crippen molar-refractivity contribution in [3.8, 4) is 0 Å². The van der Waals surface area contributed by atoms with Crippen molar-refractivity contribution in [3.63, 3.8) is 0 Å². The Morgan fingerprint density at radius 3 is 2.25 bits per heavy atom. The number of nitrogens with zero attached hydrogens (tertiary/aromatic N) is 1. The second kappa shape index (κ2) is 7.03. The Hall–Kier alpha value is -0.420. The van der Waals surface area contributed by atoms with Crippen molar-refractivity contribution in [3.05, 3.63) is 0 Å². The molecule has 0 radical (unpaired) electrons. The number of ketones is 1. The van der Waals surface area contributed by atoms with Crippen LogP contribution in [0, 0.1) is 0 Å². The monoisotopic (exact) mass is 301 g/mol. The van der Waals surface area contributed by atoms with E-state index in [0.29, 0.717) is 13.0 Å². The van der Waals surface area contributed by atoms with Crippen LogP contribution in [-0.4, -0.2) is 36.3 Å². The highest BCUT2D eigenvalue weighted by molar-refractivity contribution is 7.89. The lowest BCUT2D eigenvalue weighted by Gasteiger charge is -2.33. The fourth-order valence-electron chi connectivity index (χ4n) is 3.58. The molecule has 1 unspecified atom stereocenters. The van der Waals surface area contributed by atoms with Gasteiger partial charge in [0.25, 0.3) is 0 Å². The zero-order valence-electron chi connectivity index (χ0n) is 12.5. The Kier molecular flexibility index (Phi) is 5.61. The first-order valence-corrected chi connectivity index (χ1v) is 9.52. The topological polar surface area (TPSA) is 54.5 Å². The van der Waals surface area contributed by atoms with Gasteiger partial charge >= 0.3 is 0 Å². The van der Waals surface area contributed by atoms with Gasteiger partial charge in [0, 0.05) is 19.0 Å². The Labute approximate surface area is 123 Å². The Balaban J connectivity index is 2.17. The predicted molar refractivity (Wildman–Crippen MR) is 80.1 cm³/mol. The van der Waals surface area contributed by atoms with E-state index in [4.69, 9.17) is 0 Å². The second-order valence-corrected chi connectivity index (χ2v) is 8.49. The summed E-state index contributed by atoms with van der Waals surface area (Å²) in [5, 5.41) is -0.205. The molecule has 5 heteroatoms. The lowest BCUT2D eigenvalue weighted by atomic mass is 10.0. The maximum Gasteiger partial charge on any atom is 0.217 e. The maximum absolute atomic E-state index is 12.9. The zero-order valence-corrected chi connectivity index (χ0v) is 13.3. The Bertz CT molecular complexity index is 426. The molecule has 0 N–H and O–H groups in total. The molecule has 116 valence electrons. The molecule has 1 saturated carbocycles. The maximum atomic E-state index is 12.9. The quantitative estimate of drug-likeness (QED) is 0.802. The number of rotatable bonds is 4. The molecule has 1 heterocycles. The van der Waals surface area contributed by atoms with Crippen LogP contribution in [0.15, 0.2) is 0 Å². The van der Waals surface area contributed by atoms with Crippen LogP contribution >= 0.6 is 0 Å². The van der Waals surface area contributed by atoms with Crippen molar-refractivity contribution in [1.82, 2.24) is 4.31 Å². The lowest BCUT2D eigenvalue weighted by molar-refractivity contribution is -0.117. The van der Waals surface area contributed by atoms with Crippen molar-refractivity contribution >= 4 is 15.8 Å². The molecule has 0 aromatic rings. The molecule has 0 amide bonds. The summed E-state index contributed by atoms with van der Waals surface area (Å²) in [6.45, 7) is 2.17. The Morgan fingerprint density at radius 1 is 1.00 bits per heavy atom. The molecule has 2 fully saturated rings. The summed E-state index contributed by atoms with van der Waals surface area (Å²) < 4.78 is 27.5. The average molecular weight is 301 g/mol. The summed E-state index contributed by atoms with van der Waals surface area (Å²) in [5.41, 5.74) is 0. The normalized spacial score (nSPS) is 27.1. The van der Waals surface area contributed by atoms with Crippen molar-refractivity contribution in [2.45, 2.75) is 82.4 Å². The van der Waals surface area contributed by atoms with Crippen LogP contribution in [0.2, 0.25) is 0 Å². The number of sulfonamides is 1. The molecule has 0 aromatic carbocycles. The van der Waals surface area contributed by atoms with Gasteiger partial charge in [0.15, 0.2) is 0 Å². The molecule has 20 heavy (non-hydrogen) atoms. The fraction of sp³-hybridized carbons (Fsp3) is 0.933. The van der Waals surface area contributed by atoms with Gasteiger partial charge in [0.05, 0.1) is 5.25 Å². The average Bonchev–Trinajstić information content (AvgIpc) is 2.65. The third kappa shape index (κ3) is 3.82. The SMILES string of the molecule is CC(=O)CC1CCCCCN1S(=O)(=O)C1CCCCC1. The van der Waals surface area contributed by atoms with E-state index in [2.05, 4.69) is 0 Å². The number of carbonyl (C=O) groups is 1. The minimum atomic E-state index is -3.22. The van der Waals surface area contributed by atoms with E-state index in [1.807, 2.05) is 0 Å². The first-order chi connectivity index (χ1) is 9.51. The zero-order chi connectivity index (χ0) is 14.6. The molecule has 2 rings (SSSR count). The molecule has 1 saturated heterocycles. The van der Waals surface area contributed by atoms with E-state index in [0.717, 1.165) is 57.8 Å². The summed E-state index contributed by atoms with van der Waals surface area (Å²) in [6.07, 6.45) is 9.06. The molecule has 0 aromatic heterocycles. The van der Waals surface area contributed by atoms with E-state index in [-0.39, 0.29) is 17.1 Å². The van der Waals surface area contributed by atoms with E-state index in [1.165, 1.54) is 0 Å². The van der Waals surface area contributed by atoms with Crippen LogP contribution in [0.3, 0.4) is 0 Å². The summed E-state index contributed by atoms with van der Waals surface area (Å²) in [7, 11) is -3.22. The van der Waals surface area contributed by atoms with Gasteiger partial charge < -0.3 is 0 Å². The first kappa shape index (κ1) is 16.0. The molecule has 0 spiro atoms. The van der Waals surface area contributed by atoms with E-state index in [9.17, 15) is 13.2 Å². The van der Waals surface area contributed by atoms with Crippen LogP contribution in [0.1, 0.15) is 71.1 Å².